The van der Waals surface area contributed by atoms with Gasteiger partial charge in [0.05, 0.1) is 4.88 Å². The maximum absolute atomic E-state index is 12.8. The molecule has 0 unspecified atom stereocenters. The lowest BCUT2D eigenvalue weighted by atomic mass is 10.1. The number of hydrogen-bond donors (Lipinski definition) is 0. The van der Waals surface area contributed by atoms with Gasteiger partial charge in [0.2, 0.25) is 11.7 Å². The van der Waals surface area contributed by atoms with Gasteiger partial charge in [-0.25, -0.2) is 0 Å². The first-order chi connectivity index (χ1) is 13.4. The standard InChI is InChI=1S/C20H22ClN3O3S/c1-5-24(11-17-22-19(23-27-17)16-7-6-8-28-16)20(25)14(4)26-15-9-12(2)18(21)13(3)10-15/h6-10,14H,5,11H2,1-4H3/t14-/m1/s1. The van der Waals surface area contributed by atoms with Crippen molar-refractivity contribution in [2.45, 2.75) is 40.3 Å². The number of nitrogens with zero attached hydrogens (tertiary/aromatic N) is 3. The number of hydrogen-bond acceptors (Lipinski definition) is 6. The quantitative estimate of drug-likeness (QED) is 0.545. The number of aryl methyl sites for hydroxylation is 2. The Bertz CT molecular complexity index is 933. The summed E-state index contributed by atoms with van der Waals surface area (Å²) in [6.45, 7) is 8.19. The molecule has 0 bridgehead atoms. The molecular weight excluding hydrogens is 398 g/mol. The fourth-order valence-electron chi connectivity index (χ4n) is 2.82. The van der Waals surface area contributed by atoms with Gasteiger partial charge in [-0.15, -0.1) is 11.3 Å². The summed E-state index contributed by atoms with van der Waals surface area (Å²) in [6.07, 6.45) is -0.653. The van der Waals surface area contributed by atoms with E-state index in [2.05, 4.69) is 10.1 Å². The van der Waals surface area contributed by atoms with Gasteiger partial charge in [0.25, 0.3) is 5.91 Å². The van der Waals surface area contributed by atoms with Crippen LogP contribution in [0.15, 0.2) is 34.2 Å². The topological polar surface area (TPSA) is 68.5 Å². The van der Waals surface area contributed by atoms with Crippen molar-refractivity contribution in [3.63, 3.8) is 0 Å². The van der Waals surface area contributed by atoms with Gasteiger partial charge in [0.1, 0.15) is 12.3 Å². The summed E-state index contributed by atoms with van der Waals surface area (Å²) in [7, 11) is 0. The van der Waals surface area contributed by atoms with Crippen LogP contribution in [0, 0.1) is 13.8 Å². The van der Waals surface area contributed by atoms with Crippen molar-refractivity contribution < 1.29 is 14.1 Å². The number of carbonyl (C=O) groups is 1. The lowest BCUT2D eigenvalue weighted by Crippen LogP contribution is -2.40. The summed E-state index contributed by atoms with van der Waals surface area (Å²) in [4.78, 5) is 19.8. The molecule has 0 fully saturated rings. The van der Waals surface area contributed by atoms with Gasteiger partial charge in [0.15, 0.2) is 6.10 Å². The maximum atomic E-state index is 12.8. The summed E-state index contributed by atoms with van der Waals surface area (Å²) in [6, 6.07) is 7.52. The van der Waals surface area contributed by atoms with Crippen LogP contribution >= 0.6 is 22.9 Å². The van der Waals surface area contributed by atoms with E-state index in [1.807, 2.05) is 50.4 Å². The minimum Gasteiger partial charge on any atom is -0.481 e. The summed E-state index contributed by atoms with van der Waals surface area (Å²) in [5.74, 6) is 1.40. The monoisotopic (exact) mass is 419 g/mol. The van der Waals surface area contributed by atoms with E-state index in [1.54, 1.807) is 11.8 Å². The number of amides is 1. The molecule has 0 N–H and O–H groups in total. The van der Waals surface area contributed by atoms with Gasteiger partial charge < -0.3 is 14.2 Å². The molecule has 0 aliphatic carbocycles. The van der Waals surface area contributed by atoms with Crippen LogP contribution in [0.4, 0.5) is 0 Å². The first kappa shape index (κ1) is 20.4. The van der Waals surface area contributed by atoms with E-state index in [9.17, 15) is 4.79 Å². The Kier molecular flexibility index (Phi) is 6.36. The molecule has 3 aromatic rings. The largest absolute Gasteiger partial charge is 0.481 e. The highest BCUT2D eigenvalue weighted by atomic mass is 35.5. The third-order valence-electron chi connectivity index (χ3n) is 4.30. The average Bonchev–Trinajstić information content (AvgIpc) is 3.35. The lowest BCUT2D eigenvalue weighted by molar-refractivity contribution is -0.138. The molecule has 0 aliphatic heterocycles. The minimum absolute atomic E-state index is 0.149. The normalized spacial score (nSPS) is 12.0. The summed E-state index contributed by atoms with van der Waals surface area (Å²) >= 11 is 7.73. The Hall–Kier alpha value is -2.38. The van der Waals surface area contributed by atoms with Crippen LogP contribution in [0.25, 0.3) is 10.7 Å². The van der Waals surface area contributed by atoms with Crippen molar-refractivity contribution in [2.75, 3.05) is 6.54 Å². The van der Waals surface area contributed by atoms with E-state index in [1.165, 1.54) is 11.3 Å². The Morgan fingerprint density at radius 3 is 2.68 bits per heavy atom. The van der Waals surface area contributed by atoms with Crippen molar-refractivity contribution in [1.29, 1.82) is 0 Å². The Morgan fingerprint density at radius 1 is 1.36 bits per heavy atom. The van der Waals surface area contributed by atoms with Gasteiger partial charge >= 0.3 is 0 Å². The van der Waals surface area contributed by atoms with E-state index < -0.39 is 6.10 Å². The molecule has 8 heteroatoms. The first-order valence-electron chi connectivity index (χ1n) is 8.97. The highest BCUT2D eigenvalue weighted by Crippen LogP contribution is 2.27. The molecule has 0 radical (unpaired) electrons. The fourth-order valence-corrected chi connectivity index (χ4v) is 3.58. The first-order valence-corrected chi connectivity index (χ1v) is 10.2. The third-order valence-corrected chi connectivity index (χ3v) is 5.76. The number of carbonyl (C=O) groups excluding carboxylic acids is 1. The van der Waals surface area contributed by atoms with Crippen LogP contribution in [0.2, 0.25) is 5.02 Å². The molecule has 2 aromatic heterocycles. The molecule has 1 aromatic carbocycles. The van der Waals surface area contributed by atoms with E-state index in [0.717, 1.165) is 16.0 Å². The zero-order valence-electron chi connectivity index (χ0n) is 16.2. The van der Waals surface area contributed by atoms with Crippen molar-refractivity contribution >= 4 is 28.8 Å². The van der Waals surface area contributed by atoms with Crippen molar-refractivity contribution in [3.05, 3.63) is 51.7 Å². The van der Waals surface area contributed by atoms with E-state index in [4.69, 9.17) is 20.9 Å². The molecule has 6 nitrogen and oxygen atoms in total. The number of halogens is 1. The van der Waals surface area contributed by atoms with Crippen molar-refractivity contribution in [1.82, 2.24) is 15.0 Å². The lowest BCUT2D eigenvalue weighted by Gasteiger charge is -2.23. The summed E-state index contributed by atoms with van der Waals surface area (Å²) in [5.41, 5.74) is 1.83. The maximum Gasteiger partial charge on any atom is 0.263 e. The van der Waals surface area contributed by atoms with Gasteiger partial charge in [-0.2, -0.15) is 4.98 Å². The van der Waals surface area contributed by atoms with E-state index >= 15 is 0 Å². The Morgan fingerprint density at radius 2 is 2.07 bits per heavy atom. The second kappa shape index (κ2) is 8.75. The van der Waals surface area contributed by atoms with Crippen molar-refractivity contribution in [2.24, 2.45) is 0 Å². The number of likely N-dealkylation sites (N-methyl/N-ethyl adjacent to an activating group) is 1. The number of rotatable bonds is 7. The summed E-state index contributed by atoms with van der Waals surface area (Å²) in [5, 5.41) is 6.65. The van der Waals surface area contributed by atoms with Crippen LogP contribution in [0.5, 0.6) is 5.75 Å². The highest BCUT2D eigenvalue weighted by molar-refractivity contribution is 7.13. The molecular formula is C20H22ClN3O3S. The molecule has 0 saturated heterocycles. The number of aromatic nitrogens is 2. The Balaban J connectivity index is 1.67. The molecule has 3 rings (SSSR count). The fraction of sp³-hybridized carbons (Fsp3) is 0.350. The predicted molar refractivity (Wildman–Crippen MR) is 110 cm³/mol. The minimum atomic E-state index is -0.653. The van der Waals surface area contributed by atoms with E-state index in [0.29, 0.717) is 29.0 Å². The van der Waals surface area contributed by atoms with Crippen LogP contribution in [-0.4, -0.2) is 33.6 Å². The van der Waals surface area contributed by atoms with Crippen LogP contribution in [0.1, 0.15) is 30.9 Å². The molecule has 148 valence electrons. The SMILES string of the molecule is CCN(Cc1nc(-c2cccs2)no1)C(=O)[C@@H](C)Oc1cc(C)c(Cl)c(C)c1. The molecule has 2 heterocycles. The highest BCUT2D eigenvalue weighted by Gasteiger charge is 2.23. The van der Waals surface area contributed by atoms with Crippen molar-refractivity contribution in [3.8, 4) is 16.5 Å². The van der Waals surface area contributed by atoms with Gasteiger partial charge in [-0.1, -0.05) is 22.8 Å². The zero-order chi connectivity index (χ0) is 20.3. The van der Waals surface area contributed by atoms with Crippen LogP contribution < -0.4 is 4.74 Å². The summed E-state index contributed by atoms with van der Waals surface area (Å²) < 4.78 is 11.2. The second-order valence-electron chi connectivity index (χ2n) is 6.47. The molecule has 0 saturated carbocycles. The van der Waals surface area contributed by atoms with Crippen LogP contribution in [0.3, 0.4) is 0 Å². The predicted octanol–water partition coefficient (Wildman–Crippen LogP) is 4.88. The smallest absolute Gasteiger partial charge is 0.263 e. The zero-order valence-corrected chi connectivity index (χ0v) is 17.8. The van der Waals surface area contributed by atoms with Gasteiger partial charge in [0, 0.05) is 11.6 Å². The number of ether oxygens (including phenoxy) is 1. The van der Waals surface area contributed by atoms with Gasteiger partial charge in [-0.05, 0) is 62.4 Å². The average molecular weight is 420 g/mol. The molecule has 1 amide bonds. The number of benzene rings is 1. The van der Waals surface area contributed by atoms with Gasteiger partial charge in [-0.3, -0.25) is 4.79 Å². The van der Waals surface area contributed by atoms with Crippen LogP contribution in [-0.2, 0) is 11.3 Å². The second-order valence-corrected chi connectivity index (χ2v) is 7.80. The third kappa shape index (κ3) is 4.54. The Labute approximate surface area is 173 Å². The van der Waals surface area contributed by atoms with E-state index in [-0.39, 0.29) is 12.5 Å². The molecule has 28 heavy (non-hydrogen) atoms. The molecule has 0 aliphatic rings. The molecule has 1 atom stereocenters. The number of thiophene rings is 1. The molecule has 0 spiro atoms.